The molecule has 0 heteroatoms. The third kappa shape index (κ3) is 11.8. The molecular formula is C100H68. The molecule has 0 aromatic heterocycles. The summed E-state index contributed by atoms with van der Waals surface area (Å²) in [5.74, 6) is 0. The quantitative estimate of drug-likeness (QED) is 0.142. The van der Waals surface area contributed by atoms with Gasteiger partial charge in [-0.1, -0.05) is 413 Å². The molecule has 10 aliphatic rings. The first-order chi connectivity index (χ1) is 49.6. The Balaban J connectivity index is 0.992. The van der Waals surface area contributed by atoms with Crippen LogP contribution >= 0.6 is 0 Å². The Labute approximate surface area is 581 Å². The minimum atomic E-state index is 1.11. The lowest BCUT2D eigenvalue weighted by Crippen LogP contribution is -2.03. The van der Waals surface area contributed by atoms with Gasteiger partial charge < -0.3 is 0 Å². The van der Waals surface area contributed by atoms with Crippen molar-refractivity contribution < 1.29 is 0 Å². The second kappa shape index (κ2) is 27.3. The number of hydrogen-bond donors (Lipinski definition) is 0. The Bertz CT molecular complexity index is 6140. The molecule has 0 N–H and O–H groups in total. The smallest absolute Gasteiger partial charge is 0.00139 e. The van der Waals surface area contributed by atoms with E-state index in [-0.39, 0.29) is 0 Å². The topological polar surface area (TPSA) is 0 Å². The molecule has 0 atom stereocenters. The molecule has 0 heterocycles. The summed E-state index contributed by atoms with van der Waals surface area (Å²) in [5, 5.41) is 18.3. The molecule has 0 unspecified atom stereocenters. The van der Waals surface area contributed by atoms with Crippen LogP contribution in [0.25, 0.3) is 113 Å². The van der Waals surface area contributed by atoms with Gasteiger partial charge in [0.15, 0.2) is 0 Å². The number of hydrogen-bond acceptors (Lipinski definition) is 0. The lowest BCUT2D eigenvalue weighted by atomic mass is 9.79. The lowest BCUT2D eigenvalue weighted by molar-refractivity contribution is 1.36. The first kappa shape index (κ1) is 60.7. The van der Waals surface area contributed by atoms with E-state index in [1.807, 2.05) is 0 Å². The molecule has 0 saturated carbocycles. The third-order valence-corrected chi connectivity index (χ3v) is 19.7. The molecule has 0 nitrogen and oxygen atoms in total. The molecule has 0 radical (unpaired) electrons. The largest absolute Gasteiger partial charge is 0.0622 e. The van der Waals surface area contributed by atoms with E-state index in [1.54, 1.807) is 0 Å². The summed E-state index contributed by atoms with van der Waals surface area (Å²) in [6.45, 7) is 0. The van der Waals surface area contributed by atoms with Crippen molar-refractivity contribution in [2.75, 3.05) is 0 Å². The second-order valence-corrected chi connectivity index (χ2v) is 25.7. The molecule has 16 aromatic rings. The van der Waals surface area contributed by atoms with Crippen LogP contribution in [0, 0.1) is 62.6 Å². The van der Waals surface area contributed by atoms with E-state index in [2.05, 4.69) is 413 Å². The van der Waals surface area contributed by atoms with Crippen molar-refractivity contribution >= 4 is 24.3 Å². The van der Waals surface area contributed by atoms with E-state index in [4.69, 9.17) is 0 Å². The van der Waals surface area contributed by atoms with Crippen LogP contribution in [0.1, 0.15) is 0 Å². The molecule has 26 rings (SSSR count). The van der Waals surface area contributed by atoms with Gasteiger partial charge in [-0.15, -0.1) is 0 Å². The fourth-order valence-electron chi connectivity index (χ4n) is 14.9. The lowest BCUT2D eigenvalue weighted by Gasteiger charge is -2.23. The molecular weight excluding hydrogens is 1200 g/mol. The molecule has 0 aliphatic heterocycles. The van der Waals surface area contributed by atoms with Gasteiger partial charge >= 0.3 is 0 Å². The van der Waals surface area contributed by atoms with Crippen LogP contribution in [-0.2, 0) is 0 Å². The highest BCUT2D eigenvalue weighted by molar-refractivity contribution is 6.04. The minimum absolute atomic E-state index is 1.11. The van der Waals surface area contributed by atoms with Crippen LogP contribution in [-0.4, -0.2) is 0 Å². The van der Waals surface area contributed by atoms with E-state index in [0.717, 1.165) is 107 Å². The summed E-state index contributed by atoms with van der Waals surface area (Å²) >= 11 is 0. The molecule has 468 valence electrons. The second-order valence-electron chi connectivity index (χ2n) is 25.7. The van der Waals surface area contributed by atoms with Gasteiger partial charge in [0.2, 0.25) is 0 Å². The zero-order valence-electron chi connectivity index (χ0n) is 55.3. The molecule has 0 spiro atoms. The van der Waals surface area contributed by atoms with E-state index >= 15 is 0 Å². The number of rotatable bonds is 8. The maximum absolute atomic E-state index is 2.35. The summed E-state index contributed by atoms with van der Waals surface area (Å²) in [7, 11) is 0. The average Bonchev–Trinajstić information content (AvgIpc) is 0.723. The fraction of sp³-hybridized carbons (Fsp3) is 0. The van der Waals surface area contributed by atoms with Gasteiger partial charge in [-0.3, -0.25) is 0 Å². The van der Waals surface area contributed by atoms with Crippen molar-refractivity contribution in [3.05, 3.63) is 472 Å². The zero-order chi connectivity index (χ0) is 66.6. The zero-order valence-corrected chi connectivity index (χ0v) is 55.3. The van der Waals surface area contributed by atoms with Crippen molar-refractivity contribution in [1.82, 2.24) is 0 Å². The summed E-state index contributed by atoms with van der Waals surface area (Å²) in [4.78, 5) is 0. The molecule has 10 aliphatic carbocycles. The molecule has 0 fully saturated rings. The van der Waals surface area contributed by atoms with Crippen LogP contribution in [0.2, 0.25) is 0 Å². The van der Waals surface area contributed by atoms with Crippen LogP contribution < -0.4 is 20.9 Å². The van der Waals surface area contributed by atoms with E-state index in [1.165, 1.54) is 65.4 Å². The number of benzene rings is 16. The molecule has 100 heavy (non-hydrogen) atoms. The fourth-order valence-corrected chi connectivity index (χ4v) is 14.9. The van der Waals surface area contributed by atoms with E-state index in [0.29, 0.717) is 0 Å². The normalized spacial score (nSPS) is 11.5. The van der Waals surface area contributed by atoms with Crippen molar-refractivity contribution in [1.29, 1.82) is 0 Å². The van der Waals surface area contributed by atoms with Gasteiger partial charge in [0.25, 0.3) is 0 Å². The Kier molecular flexibility index (Phi) is 16.5. The highest BCUT2D eigenvalue weighted by Gasteiger charge is 2.26. The van der Waals surface area contributed by atoms with Gasteiger partial charge in [-0.25, -0.2) is 0 Å². The summed E-state index contributed by atoms with van der Waals surface area (Å²) in [6.07, 6.45) is 8.95. The monoisotopic (exact) mass is 1270 g/mol. The van der Waals surface area contributed by atoms with Crippen molar-refractivity contribution in [2.45, 2.75) is 0 Å². The molecule has 0 amide bonds. The standard InChI is InChI=1S/C100H68/c1-9-25-77(26-10-1)89-90(78-27-11-2-12-28-78)94(82-35-19-6-20-36-82)98-86-59-51-72(52-60-86)44-42-70-47-55-74(56-48-70)76-63-67-88(68-64-76)100-96(84-39-23-8-24-40-84)92(80-31-15-4-16-32-80)91(79-29-13-3-14-30-79)95(83-37-21-7-22-38-83)99(100)87-65-61-75(62-66-87)73-53-45-69(46-54-73)41-43-71-49-57-85(58-50-71)97(98)93(89)81-33-17-5-18-34-81/h1-68H. The SMILES string of the molecule is C1=c2ccc(cc2)=c2ccc(cc2)=c2c(-c3ccccc3)c(-c3ccccc3)c(-c3ccccc3)c(-c3ccccc3)c2=c2ccc(cc2)=c2ccc(cc2)=CC=c2ccc(cc2)=c2c(-c3ccccc3)c(-c3ccccc3)c(-c3ccccc3)c(-c3ccccc3)c2=c2ccc(cc2)=C1. The van der Waals surface area contributed by atoms with Crippen molar-refractivity contribution in [2.24, 2.45) is 0 Å². The highest BCUT2D eigenvalue weighted by atomic mass is 14.3. The maximum atomic E-state index is 2.35. The van der Waals surface area contributed by atoms with Gasteiger partial charge in [-0.05, 0) is 173 Å². The molecule has 16 aromatic carbocycles. The highest BCUT2D eigenvalue weighted by Crippen LogP contribution is 2.49. The summed E-state index contributed by atoms with van der Waals surface area (Å²) < 4.78 is 0. The molecule has 0 saturated heterocycles. The molecule has 12 bridgehead atoms. The predicted molar refractivity (Wildman–Crippen MR) is 417 cm³/mol. The first-order valence-electron chi connectivity index (χ1n) is 34.5. The van der Waals surface area contributed by atoms with Crippen molar-refractivity contribution in [3.8, 4) is 89.0 Å². The van der Waals surface area contributed by atoms with Gasteiger partial charge in [0.05, 0.1) is 0 Å². The van der Waals surface area contributed by atoms with Gasteiger partial charge in [-0.2, -0.15) is 0 Å². The third-order valence-electron chi connectivity index (χ3n) is 19.7. The maximum Gasteiger partial charge on any atom is -0.00139 e. The van der Waals surface area contributed by atoms with Gasteiger partial charge in [0, 0.05) is 0 Å². The Morgan fingerprint density at radius 1 is 0.100 bits per heavy atom. The average molecular weight is 1270 g/mol. The van der Waals surface area contributed by atoms with E-state index in [9.17, 15) is 0 Å². The van der Waals surface area contributed by atoms with E-state index < -0.39 is 0 Å². The Hall–Kier alpha value is -13.0. The Morgan fingerprint density at radius 3 is 0.400 bits per heavy atom. The van der Waals surface area contributed by atoms with Crippen LogP contribution in [0.3, 0.4) is 0 Å². The summed E-state index contributed by atoms with van der Waals surface area (Å²) in [6, 6.07) is 143. The Morgan fingerprint density at radius 2 is 0.230 bits per heavy atom. The van der Waals surface area contributed by atoms with Gasteiger partial charge in [0.1, 0.15) is 0 Å². The van der Waals surface area contributed by atoms with Crippen molar-refractivity contribution in [3.63, 3.8) is 0 Å². The summed E-state index contributed by atoms with van der Waals surface area (Å²) in [5.41, 5.74) is 18.8. The van der Waals surface area contributed by atoms with Crippen LogP contribution in [0.15, 0.2) is 388 Å². The van der Waals surface area contributed by atoms with Crippen LogP contribution in [0.4, 0.5) is 0 Å². The predicted octanol–water partition coefficient (Wildman–Crippen LogP) is 21.6. The first-order valence-corrected chi connectivity index (χ1v) is 34.5. The minimum Gasteiger partial charge on any atom is -0.0622 e. The van der Waals surface area contributed by atoms with Crippen LogP contribution in [0.5, 0.6) is 0 Å².